The largest absolute Gasteiger partial charge is 0.322 e. The van der Waals surface area contributed by atoms with E-state index in [1.807, 2.05) is 60.0 Å². The van der Waals surface area contributed by atoms with Crippen molar-refractivity contribution >= 4 is 40.5 Å². The van der Waals surface area contributed by atoms with Crippen molar-refractivity contribution in [2.75, 3.05) is 5.32 Å². The van der Waals surface area contributed by atoms with Crippen LogP contribution in [0.25, 0.3) is 0 Å². The van der Waals surface area contributed by atoms with Crippen molar-refractivity contribution in [3.63, 3.8) is 0 Å². The Hall–Kier alpha value is -3.15. The highest BCUT2D eigenvalue weighted by Crippen LogP contribution is 2.27. The average Bonchev–Trinajstić information content (AvgIpc) is 3.34. The van der Waals surface area contributed by atoms with Gasteiger partial charge >= 0.3 is 0 Å². The first-order valence-corrected chi connectivity index (χ1v) is 11.3. The number of rotatable bonds is 7. The maximum atomic E-state index is 12.9. The number of carbonyl (C=O) groups excluding carboxylic acids is 2. The second-order valence-electron chi connectivity index (χ2n) is 6.61. The fourth-order valence-electron chi connectivity index (χ4n) is 2.97. The van der Waals surface area contributed by atoms with Crippen LogP contribution in [-0.4, -0.2) is 11.7 Å². The fraction of sp³-hybridized carbons (Fsp3) is 0.0400. The lowest BCUT2D eigenvalue weighted by Gasteiger charge is -2.10. The molecule has 0 radical (unpaired) electrons. The minimum absolute atomic E-state index is 0.00876. The zero-order valence-corrected chi connectivity index (χ0v) is 17.7. The van der Waals surface area contributed by atoms with Crippen molar-refractivity contribution in [3.8, 4) is 0 Å². The first-order chi connectivity index (χ1) is 14.7. The van der Waals surface area contributed by atoms with Crippen molar-refractivity contribution in [1.29, 1.82) is 0 Å². The van der Waals surface area contributed by atoms with Gasteiger partial charge in [0, 0.05) is 21.9 Å². The van der Waals surface area contributed by atoms with Crippen LogP contribution >= 0.6 is 23.1 Å². The highest BCUT2D eigenvalue weighted by Gasteiger charge is 2.13. The third-order valence-corrected chi connectivity index (χ3v) is 6.53. The summed E-state index contributed by atoms with van der Waals surface area (Å²) in [6.07, 6.45) is 0. The maximum Gasteiger partial charge on any atom is 0.256 e. The molecule has 0 fully saturated rings. The third kappa shape index (κ3) is 4.87. The van der Waals surface area contributed by atoms with Crippen LogP contribution in [0.4, 0.5) is 5.69 Å². The normalized spacial score (nSPS) is 10.5. The molecule has 1 aromatic heterocycles. The van der Waals surface area contributed by atoms with Crippen molar-refractivity contribution in [1.82, 2.24) is 0 Å². The van der Waals surface area contributed by atoms with Crippen LogP contribution in [0, 0.1) is 0 Å². The van der Waals surface area contributed by atoms with Crippen LogP contribution < -0.4 is 5.32 Å². The number of hydrogen-bond acceptors (Lipinski definition) is 4. The maximum absolute atomic E-state index is 12.9. The number of amides is 1. The molecule has 1 amide bonds. The molecular formula is C25H19NO2S2. The predicted molar refractivity (Wildman–Crippen MR) is 125 cm³/mol. The van der Waals surface area contributed by atoms with Gasteiger partial charge in [0.2, 0.25) is 5.78 Å². The molecule has 0 unspecified atom stereocenters. The SMILES string of the molecule is O=C(c1ccc(NC(=O)c2ccccc2SCc2ccccc2)cc1)c1cccs1. The molecule has 1 heterocycles. The van der Waals surface area contributed by atoms with Gasteiger partial charge in [-0.15, -0.1) is 23.1 Å². The molecule has 3 nitrogen and oxygen atoms in total. The van der Waals surface area contributed by atoms with Gasteiger partial charge in [-0.3, -0.25) is 9.59 Å². The fourth-order valence-corrected chi connectivity index (χ4v) is 4.66. The lowest BCUT2D eigenvalue weighted by atomic mass is 10.1. The van der Waals surface area contributed by atoms with Crippen LogP contribution in [-0.2, 0) is 5.75 Å². The molecule has 0 bridgehead atoms. The Labute approximate surface area is 183 Å². The lowest BCUT2D eigenvalue weighted by molar-refractivity contribution is 0.102. The number of nitrogens with one attached hydrogen (secondary N) is 1. The van der Waals surface area contributed by atoms with E-state index in [4.69, 9.17) is 0 Å². The minimum atomic E-state index is -0.163. The highest BCUT2D eigenvalue weighted by molar-refractivity contribution is 7.98. The summed E-state index contributed by atoms with van der Waals surface area (Å²) in [6.45, 7) is 0. The Balaban J connectivity index is 1.44. The first kappa shape index (κ1) is 20.1. The number of anilines is 1. The standard InChI is InChI=1S/C25H19NO2S2/c27-24(23-11-6-16-29-23)19-12-14-20(15-13-19)26-25(28)21-9-4-5-10-22(21)30-17-18-7-2-1-3-8-18/h1-16H,17H2,(H,26,28). The predicted octanol–water partition coefficient (Wildman–Crippen LogP) is 6.52. The summed E-state index contributed by atoms with van der Waals surface area (Å²) >= 11 is 3.06. The number of benzene rings is 3. The molecule has 3 aromatic carbocycles. The van der Waals surface area contributed by atoms with Crippen molar-refractivity contribution in [3.05, 3.63) is 118 Å². The Kier molecular flexibility index (Phi) is 6.42. The second kappa shape index (κ2) is 9.57. The van der Waals surface area contributed by atoms with Gasteiger partial charge in [0.05, 0.1) is 10.4 Å². The molecule has 0 spiro atoms. The summed E-state index contributed by atoms with van der Waals surface area (Å²) in [6, 6.07) is 28.5. The molecule has 148 valence electrons. The zero-order chi connectivity index (χ0) is 20.8. The summed E-state index contributed by atoms with van der Waals surface area (Å²) in [4.78, 5) is 26.9. The van der Waals surface area contributed by atoms with E-state index in [-0.39, 0.29) is 11.7 Å². The van der Waals surface area contributed by atoms with Crippen LogP contribution in [0.3, 0.4) is 0 Å². The topological polar surface area (TPSA) is 46.2 Å². The van der Waals surface area contributed by atoms with Crippen molar-refractivity contribution < 1.29 is 9.59 Å². The Bertz CT molecular complexity index is 1140. The molecule has 4 rings (SSSR count). The lowest BCUT2D eigenvalue weighted by Crippen LogP contribution is -2.13. The van der Waals surface area contributed by atoms with Gasteiger partial charge in [0.1, 0.15) is 0 Å². The van der Waals surface area contributed by atoms with E-state index in [0.717, 1.165) is 10.6 Å². The molecule has 30 heavy (non-hydrogen) atoms. The Morgan fingerprint density at radius 3 is 2.27 bits per heavy atom. The van der Waals surface area contributed by atoms with Crippen molar-refractivity contribution in [2.24, 2.45) is 0 Å². The highest BCUT2D eigenvalue weighted by atomic mass is 32.2. The van der Waals surface area contributed by atoms with E-state index in [2.05, 4.69) is 17.4 Å². The molecule has 1 N–H and O–H groups in total. The quantitative estimate of drug-likeness (QED) is 0.269. The molecule has 0 aliphatic rings. The van der Waals surface area contributed by atoms with Gasteiger partial charge in [-0.25, -0.2) is 0 Å². The molecule has 0 aliphatic heterocycles. The Morgan fingerprint density at radius 1 is 0.800 bits per heavy atom. The third-order valence-electron chi connectivity index (χ3n) is 4.52. The molecule has 0 aliphatic carbocycles. The molecule has 4 aromatic rings. The zero-order valence-electron chi connectivity index (χ0n) is 16.1. The Morgan fingerprint density at radius 2 is 1.53 bits per heavy atom. The number of thioether (sulfide) groups is 1. The van der Waals surface area contributed by atoms with E-state index in [0.29, 0.717) is 21.7 Å². The molecular weight excluding hydrogens is 410 g/mol. The van der Waals surface area contributed by atoms with Gasteiger partial charge < -0.3 is 5.32 Å². The summed E-state index contributed by atoms with van der Waals surface area (Å²) in [5.41, 5.74) is 3.11. The summed E-state index contributed by atoms with van der Waals surface area (Å²) in [5, 5.41) is 4.82. The van der Waals surface area contributed by atoms with E-state index in [9.17, 15) is 9.59 Å². The van der Waals surface area contributed by atoms with Crippen LogP contribution in [0.1, 0.15) is 31.2 Å². The average molecular weight is 430 g/mol. The summed E-state index contributed by atoms with van der Waals surface area (Å²) in [5.74, 6) is 0.624. The summed E-state index contributed by atoms with van der Waals surface area (Å²) in [7, 11) is 0. The monoisotopic (exact) mass is 429 g/mol. The van der Waals surface area contributed by atoms with Crippen LogP contribution in [0.5, 0.6) is 0 Å². The minimum Gasteiger partial charge on any atom is -0.322 e. The van der Waals surface area contributed by atoms with Crippen LogP contribution in [0.2, 0.25) is 0 Å². The molecule has 0 atom stereocenters. The van der Waals surface area contributed by atoms with Gasteiger partial charge in [0.25, 0.3) is 5.91 Å². The van der Waals surface area contributed by atoms with Crippen molar-refractivity contribution in [2.45, 2.75) is 10.6 Å². The van der Waals surface area contributed by atoms with Gasteiger partial charge in [-0.1, -0.05) is 48.5 Å². The van der Waals surface area contributed by atoms with Gasteiger partial charge in [-0.2, -0.15) is 0 Å². The van der Waals surface area contributed by atoms with E-state index in [1.165, 1.54) is 16.9 Å². The second-order valence-corrected chi connectivity index (χ2v) is 8.57. The first-order valence-electron chi connectivity index (χ1n) is 9.46. The number of hydrogen-bond donors (Lipinski definition) is 1. The molecule has 5 heteroatoms. The number of carbonyl (C=O) groups is 2. The molecule has 0 saturated carbocycles. The van der Waals surface area contributed by atoms with Gasteiger partial charge in [-0.05, 0) is 53.4 Å². The van der Waals surface area contributed by atoms with E-state index < -0.39 is 0 Å². The van der Waals surface area contributed by atoms with E-state index in [1.54, 1.807) is 36.0 Å². The number of thiophene rings is 1. The number of ketones is 1. The van der Waals surface area contributed by atoms with Gasteiger partial charge in [0.15, 0.2) is 0 Å². The van der Waals surface area contributed by atoms with Crippen LogP contribution in [0.15, 0.2) is 101 Å². The molecule has 0 saturated heterocycles. The smallest absolute Gasteiger partial charge is 0.256 e. The van der Waals surface area contributed by atoms with E-state index >= 15 is 0 Å². The summed E-state index contributed by atoms with van der Waals surface area (Å²) < 4.78 is 0.